The van der Waals surface area contributed by atoms with Gasteiger partial charge in [-0.25, -0.2) is 0 Å². The van der Waals surface area contributed by atoms with Crippen LogP contribution < -0.4 is 5.32 Å². The van der Waals surface area contributed by atoms with Gasteiger partial charge in [0.1, 0.15) is 0 Å². The van der Waals surface area contributed by atoms with Crippen molar-refractivity contribution in [3.8, 4) is 22.3 Å². The van der Waals surface area contributed by atoms with E-state index in [9.17, 15) is 0 Å². The van der Waals surface area contributed by atoms with E-state index in [1.165, 1.54) is 51.8 Å². The largest absolute Gasteiger partial charge is 0.356 e. The van der Waals surface area contributed by atoms with Gasteiger partial charge in [-0.15, -0.1) is 0 Å². The minimum Gasteiger partial charge on any atom is -0.356 e. The predicted molar refractivity (Wildman–Crippen MR) is 136 cm³/mol. The van der Waals surface area contributed by atoms with Gasteiger partial charge in [0, 0.05) is 16.8 Å². The minimum absolute atomic E-state index is 0.0147. The third-order valence-electron chi connectivity index (χ3n) is 7.65. The molecule has 1 fully saturated rings. The van der Waals surface area contributed by atoms with E-state index in [0.717, 1.165) is 11.4 Å². The van der Waals surface area contributed by atoms with Gasteiger partial charge < -0.3 is 5.32 Å². The van der Waals surface area contributed by atoms with Crippen LogP contribution in [0.3, 0.4) is 0 Å². The van der Waals surface area contributed by atoms with E-state index >= 15 is 0 Å². The van der Waals surface area contributed by atoms with E-state index in [0.29, 0.717) is 5.41 Å². The summed E-state index contributed by atoms with van der Waals surface area (Å²) in [6, 6.07) is 33.3. The molecule has 1 N–H and O–H groups in total. The van der Waals surface area contributed by atoms with E-state index in [-0.39, 0.29) is 5.41 Å². The Bertz CT molecular complexity index is 1310. The lowest BCUT2D eigenvalue weighted by Crippen LogP contribution is -2.16. The third-order valence-corrected chi connectivity index (χ3v) is 7.65. The summed E-state index contributed by atoms with van der Waals surface area (Å²) in [5, 5.41) is 3.62. The summed E-state index contributed by atoms with van der Waals surface area (Å²) in [4.78, 5) is 0. The summed E-state index contributed by atoms with van der Waals surface area (Å²) in [7, 11) is 0. The van der Waals surface area contributed by atoms with Crippen LogP contribution >= 0.6 is 0 Å². The first kappa shape index (κ1) is 19.4. The number of anilines is 2. The molecule has 0 atom stereocenters. The van der Waals surface area contributed by atoms with Crippen molar-refractivity contribution in [2.45, 2.75) is 44.4 Å². The highest BCUT2D eigenvalue weighted by Gasteiger charge is 2.42. The molecular formula is C31H29N. The normalized spacial score (nSPS) is 16.8. The van der Waals surface area contributed by atoms with Gasteiger partial charge >= 0.3 is 0 Å². The van der Waals surface area contributed by atoms with Gasteiger partial charge in [-0.2, -0.15) is 0 Å². The zero-order valence-corrected chi connectivity index (χ0v) is 19.1. The molecule has 0 spiro atoms. The summed E-state index contributed by atoms with van der Waals surface area (Å²) >= 11 is 0. The Balaban J connectivity index is 1.30. The van der Waals surface area contributed by atoms with Gasteiger partial charge in [-0.1, -0.05) is 87.5 Å². The molecule has 0 saturated heterocycles. The zero-order valence-electron chi connectivity index (χ0n) is 19.1. The second-order valence-electron chi connectivity index (χ2n) is 10.3. The lowest BCUT2D eigenvalue weighted by Gasteiger charge is -2.23. The van der Waals surface area contributed by atoms with Crippen molar-refractivity contribution in [1.29, 1.82) is 0 Å². The molecule has 2 aliphatic rings. The highest BCUT2D eigenvalue weighted by Crippen LogP contribution is 2.53. The molecule has 32 heavy (non-hydrogen) atoms. The van der Waals surface area contributed by atoms with E-state index in [1.807, 2.05) is 0 Å². The summed E-state index contributed by atoms with van der Waals surface area (Å²) in [5.74, 6) is 0. The van der Waals surface area contributed by atoms with Crippen molar-refractivity contribution in [3.63, 3.8) is 0 Å². The third kappa shape index (κ3) is 3.07. The van der Waals surface area contributed by atoms with E-state index in [2.05, 4.69) is 117 Å². The molecule has 0 amide bonds. The molecule has 6 rings (SSSR count). The van der Waals surface area contributed by atoms with Gasteiger partial charge in [0.15, 0.2) is 0 Å². The van der Waals surface area contributed by atoms with Gasteiger partial charge in [0.25, 0.3) is 0 Å². The second kappa shape index (κ2) is 6.84. The first-order chi connectivity index (χ1) is 15.4. The molecule has 0 bridgehead atoms. The monoisotopic (exact) mass is 415 g/mol. The fourth-order valence-electron chi connectivity index (χ4n) is 5.21. The lowest BCUT2D eigenvalue weighted by molar-refractivity contribution is 0.656. The van der Waals surface area contributed by atoms with Crippen LogP contribution in [0.25, 0.3) is 22.3 Å². The van der Waals surface area contributed by atoms with Crippen molar-refractivity contribution >= 4 is 11.4 Å². The highest BCUT2D eigenvalue weighted by atomic mass is 14.9. The van der Waals surface area contributed by atoms with Crippen molar-refractivity contribution in [2.75, 3.05) is 5.32 Å². The Hall–Kier alpha value is -3.32. The van der Waals surface area contributed by atoms with Crippen molar-refractivity contribution in [1.82, 2.24) is 0 Å². The molecule has 158 valence electrons. The average Bonchev–Trinajstić information content (AvgIpc) is 3.53. The summed E-state index contributed by atoms with van der Waals surface area (Å²) in [6.07, 6.45) is 2.63. The molecule has 4 aromatic carbocycles. The topological polar surface area (TPSA) is 12.0 Å². The SMILES string of the molecule is CC1(c2ccc3c(c2)C(C)(C)c2cc(Nc4ccc(-c5ccccc5)cc4)ccc2-3)CC1. The van der Waals surface area contributed by atoms with Crippen LogP contribution in [-0.2, 0) is 10.8 Å². The molecule has 0 heterocycles. The molecule has 0 aliphatic heterocycles. The number of hydrogen-bond donors (Lipinski definition) is 1. The molecule has 4 aromatic rings. The van der Waals surface area contributed by atoms with Gasteiger partial charge in [-0.3, -0.25) is 0 Å². The van der Waals surface area contributed by atoms with Gasteiger partial charge in [-0.05, 0) is 81.5 Å². The van der Waals surface area contributed by atoms with Crippen LogP contribution in [0.5, 0.6) is 0 Å². The standard InChI is InChI=1S/C31H29N/c1-30(2)28-19-23(31(3)17-18-31)11-15-26(28)27-16-14-25(20-29(27)30)32-24-12-9-22(10-13-24)21-7-5-4-6-8-21/h4-16,19-20,32H,17-18H2,1-3H3. The maximum Gasteiger partial charge on any atom is 0.0387 e. The quantitative estimate of drug-likeness (QED) is 0.352. The summed E-state index contributed by atoms with van der Waals surface area (Å²) in [6.45, 7) is 7.14. The number of fused-ring (bicyclic) bond motifs is 3. The molecule has 1 nitrogen and oxygen atoms in total. The van der Waals surface area contributed by atoms with E-state index in [1.54, 1.807) is 0 Å². The van der Waals surface area contributed by atoms with Crippen molar-refractivity contribution in [3.05, 3.63) is 108 Å². The minimum atomic E-state index is 0.0147. The molecule has 2 aliphatic carbocycles. The highest BCUT2D eigenvalue weighted by molar-refractivity contribution is 5.83. The molecule has 1 saturated carbocycles. The molecule has 0 radical (unpaired) electrons. The Morgan fingerprint density at radius 3 is 1.88 bits per heavy atom. The van der Waals surface area contributed by atoms with E-state index < -0.39 is 0 Å². The first-order valence-electron chi connectivity index (χ1n) is 11.7. The summed E-state index contributed by atoms with van der Waals surface area (Å²) in [5.41, 5.74) is 12.3. The average molecular weight is 416 g/mol. The van der Waals surface area contributed by atoms with Crippen LogP contribution in [0, 0.1) is 0 Å². The van der Waals surface area contributed by atoms with Crippen LogP contribution in [0.2, 0.25) is 0 Å². The van der Waals surface area contributed by atoms with Crippen LogP contribution in [0.15, 0.2) is 91.0 Å². The lowest BCUT2D eigenvalue weighted by atomic mass is 9.81. The van der Waals surface area contributed by atoms with E-state index in [4.69, 9.17) is 0 Å². The van der Waals surface area contributed by atoms with Crippen molar-refractivity contribution < 1.29 is 0 Å². The fraction of sp³-hybridized carbons (Fsp3) is 0.226. The second-order valence-corrected chi connectivity index (χ2v) is 10.3. The summed E-state index contributed by atoms with van der Waals surface area (Å²) < 4.78 is 0. The molecule has 1 heteroatoms. The van der Waals surface area contributed by atoms with Crippen LogP contribution in [-0.4, -0.2) is 0 Å². The maximum absolute atomic E-state index is 3.62. The fourth-order valence-corrected chi connectivity index (χ4v) is 5.21. The van der Waals surface area contributed by atoms with Gasteiger partial charge in [0.05, 0.1) is 0 Å². The number of nitrogens with one attached hydrogen (secondary N) is 1. The molecular weight excluding hydrogens is 386 g/mol. The first-order valence-corrected chi connectivity index (χ1v) is 11.7. The Kier molecular flexibility index (Phi) is 4.14. The smallest absolute Gasteiger partial charge is 0.0387 e. The Morgan fingerprint density at radius 2 is 1.19 bits per heavy atom. The Morgan fingerprint density at radius 1 is 0.594 bits per heavy atom. The predicted octanol–water partition coefficient (Wildman–Crippen LogP) is 8.46. The molecule has 0 aromatic heterocycles. The van der Waals surface area contributed by atoms with Crippen LogP contribution in [0.1, 0.15) is 50.3 Å². The van der Waals surface area contributed by atoms with Crippen LogP contribution in [0.4, 0.5) is 11.4 Å². The van der Waals surface area contributed by atoms with Gasteiger partial charge in [0.2, 0.25) is 0 Å². The Labute approximate surface area is 191 Å². The number of hydrogen-bond acceptors (Lipinski definition) is 1. The zero-order chi connectivity index (χ0) is 21.9. The van der Waals surface area contributed by atoms with Crippen molar-refractivity contribution in [2.24, 2.45) is 0 Å². The maximum atomic E-state index is 3.62. The number of rotatable bonds is 4. The molecule has 0 unspecified atom stereocenters. The number of benzene rings is 4.